The number of hydrogen-bond donors (Lipinski definition) is 0. The van der Waals surface area contributed by atoms with Crippen molar-refractivity contribution in [1.29, 1.82) is 5.26 Å². The Morgan fingerprint density at radius 3 is 2.74 bits per heavy atom. The van der Waals surface area contributed by atoms with Gasteiger partial charge in [-0.25, -0.2) is 0 Å². The molecule has 0 radical (unpaired) electrons. The minimum atomic E-state index is 0.0118. The molecule has 0 spiro atoms. The lowest BCUT2D eigenvalue weighted by Gasteiger charge is -2.30. The van der Waals surface area contributed by atoms with Crippen LogP contribution in [-0.4, -0.2) is 10.4 Å². The molecule has 1 aliphatic rings. The lowest BCUT2D eigenvalue weighted by atomic mass is 9.75. The van der Waals surface area contributed by atoms with E-state index in [0.29, 0.717) is 18.5 Å². The molecule has 0 saturated carbocycles. The van der Waals surface area contributed by atoms with Crippen LogP contribution in [0.1, 0.15) is 53.0 Å². The van der Waals surface area contributed by atoms with Crippen LogP contribution in [0.5, 0.6) is 0 Å². The number of fused-ring (bicyclic) bond motifs is 1. The fourth-order valence-electron chi connectivity index (χ4n) is 3.44. The number of aromatic nitrogens is 1. The van der Waals surface area contributed by atoms with Crippen molar-refractivity contribution in [3.63, 3.8) is 0 Å². The first-order chi connectivity index (χ1) is 10.8. The second kappa shape index (κ2) is 5.65. The number of carbonyl (C=O) groups excluding carboxylic acids is 1. The molecule has 0 atom stereocenters. The summed E-state index contributed by atoms with van der Waals surface area (Å²) in [6, 6.07) is 7.94. The van der Waals surface area contributed by atoms with E-state index in [0.717, 1.165) is 33.3 Å². The summed E-state index contributed by atoms with van der Waals surface area (Å²) in [5.74, 6) is 0.258. The zero-order chi connectivity index (χ0) is 16.8. The quantitative estimate of drug-likeness (QED) is 0.773. The maximum absolute atomic E-state index is 12.5. The van der Waals surface area contributed by atoms with E-state index in [1.807, 2.05) is 25.1 Å². The third kappa shape index (κ3) is 2.98. The smallest absolute Gasteiger partial charge is 0.165 e. The standard InChI is InChI=1S/C19H19BrN2O/c1-12-10-22(11-13-4-5-14(9-21)15(20)6-13)16-7-19(2,3)8-17(23)18(12)16/h4-6,10H,7-8,11H2,1-3H3. The molecular formula is C19H19BrN2O. The molecule has 0 amide bonds. The van der Waals surface area contributed by atoms with Crippen LogP contribution in [0, 0.1) is 23.7 Å². The zero-order valence-electron chi connectivity index (χ0n) is 13.6. The Kier molecular flexibility index (Phi) is 3.93. The Balaban J connectivity index is 2.00. The predicted molar refractivity (Wildman–Crippen MR) is 93.6 cm³/mol. The van der Waals surface area contributed by atoms with Gasteiger partial charge in [-0.05, 0) is 57.9 Å². The van der Waals surface area contributed by atoms with Gasteiger partial charge in [-0.3, -0.25) is 4.79 Å². The van der Waals surface area contributed by atoms with Gasteiger partial charge < -0.3 is 4.57 Å². The molecule has 0 N–H and O–H groups in total. The molecule has 3 nitrogen and oxygen atoms in total. The summed E-state index contributed by atoms with van der Waals surface area (Å²) >= 11 is 3.44. The van der Waals surface area contributed by atoms with Gasteiger partial charge in [0.15, 0.2) is 5.78 Å². The van der Waals surface area contributed by atoms with E-state index >= 15 is 0 Å². The van der Waals surface area contributed by atoms with Crippen molar-refractivity contribution in [3.05, 3.63) is 56.8 Å². The van der Waals surface area contributed by atoms with Gasteiger partial charge in [-0.15, -0.1) is 0 Å². The minimum Gasteiger partial charge on any atom is -0.346 e. The van der Waals surface area contributed by atoms with E-state index in [4.69, 9.17) is 5.26 Å². The molecule has 0 saturated heterocycles. The summed E-state index contributed by atoms with van der Waals surface area (Å²) in [5, 5.41) is 9.02. The number of rotatable bonds is 2. The summed E-state index contributed by atoms with van der Waals surface area (Å²) in [6.45, 7) is 7.03. The Bertz CT molecular complexity index is 840. The SMILES string of the molecule is Cc1cn(Cc2ccc(C#N)c(Br)c2)c2c1C(=O)CC(C)(C)C2. The van der Waals surface area contributed by atoms with Crippen LogP contribution in [-0.2, 0) is 13.0 Å². The second-order valence-corrected chi connectivity index (χ2v) is 7.98. The van der Waals surface area contributed by atoms with Gasteiger partial charge in [-0.1, -0.05) is 19.9 Å². The van der Waals surface area contributed by atoms with Crippen LogP contribution in [0.15, 0.2) is 28.9 Å². The lowest BCUT2D eigenvalue weighted by Crippen LogP contribution is -2.28. The van der Waals surface area contributed by atoms with Gasteiger partial charge in [0.05, 0.1) is 5.56 Å². The monoisotopic (exact) mass is 370 g/mol. The number of ketones is 1. The van der Waals surface area contributed by atoms with Gasteiger partial charge in [-0.2, -0.15) is 5.26 Å². The largest absolute Gasteiger partial charge is 0.346 e. The molecule has 0 fully saturated rings. The molecule has 3 rings (SSSR count). The highest BCUT2D eigenvalue weighted by Crippen LogP contribution is 2.37. The summed E-state index contributed by atoms with van der Waals surface area (Å²) in [7, 11) is 0. The van der Waals surface area contributed by atoms with Crippen LogP contribution >= 0.6 is 15.9 Å². The molecule has 1 heterocycles. The molecule has 0 bridgehead atoms. The molecular weight excluding hydrogens is 352 g/mol. The Hall–Kier alpha value is -1.86. The third-order valence-corrected chi connectivity index (χ3v) is 5.11. The van der Waals surface area contributed by atoms with Gasteiger partial charge >= 0.3 is 0 Å². The van der Waals surface area contributed by atoms with Crippen LogP contribution in [0.2, 0.25) is 0 Å². The van der Waals surface area contributed by atoms with Crippen molar-refractivity contribution < 1.29 is 4.79 Å². The number of hydrogen-bond acceptors (Lipinski definition) is 2. The first-order valence-electron chi connectivity index (χ1n) is 7.71. The number of nitriles is 1. The summed E-state index contributed by atoms with van der Waals surface area (Å²) in [4.78, 5) is 12.5. The number of halogens is 1. The molecule has 1 aliphatic carbocycles. The fourth-order valence-corrected chi connectivity index (χ4v) is 3.96. The molecule has 118 valence electrons. The first kappa shape index (κ1) is 16.0. The van der Waals surface area contributed by atoms with Crippen molar-refractivity contribution >= 4 is 21.7 Å². The average molecular weight is 371 g/mol. The van der Waals surface area contributed by atoms with Crippen molar-refractivity contribution in [2.45, 2.75) is 40.2 Å². The van der Waals surface area contributed by atoms with Crippen molar-refractivity contribution in [2.75, 3.05) is 0 Å². The van der Waals surface area contributed by atoms with Gasteiger partial charge in [0, 0.05) is 34.9 Å². The topological polar surface area (TPSA) is 45.8 Å². The Labute approximate surface area is 145 Å². The summed E-state index contributed by atoms with van der Waals surface area (Å²) in [5.41, 5.74) is 4.88. The second-order valence-electron chi connectivity index (χ2n) is 7.13. The van der Waals surface area contributed by atoms with Crippen LogP contribution in [0.4, 0.5) is 0 Å². The zero-order valence-corrected chi connectivity index (χ0v) is 15.2. The van der Waals surface area contributed by atoms with E-state index in [-0.39, 0.29) is 11.2 Å². The number of aryl methyl sites for hydroxylation is 1. The highest BCUT2D eigenvalue weighted by atomic mass is 79.9. The summed E-state index contributed by atoms with van der Waals surface area (Å²) in [6.07, 6.45) is 3.61. The maximum atomic E-state index is 12.5. The van der Waals surface area contributed by atoms with E-state index in [2.05, 4.69) is 46.6 Å². The van der Waals surface area contributed by atoms with Crippen molar-refractivity contribution in [3.8, 4) is 6.07 Å². The van der Waals surface area contributed by atoms with Crippen molar-refractivity contribution in [1.82, 2.24) is 4.57 Å². The van der Waals surface area contributed by atoms with E-state index in [1.165, 1.54) is 0 Å². The van der Waals surface area contributed by atoms with E-state index in [1.54, 1.807) is 0 Å². The normalized spacial score (nSPS) is 16.0. The molecule has 1 aromatic carbocycles. The van der Waals surface area contributed by atoms with E-state index in [9.17, 15) is 4.79 Å². The fraction of sp³-hybridized carbons (Fsp3) is 0.368. The Morgan fingerprint density at radius 1 is 1.35 bits per heavy atom. The summed E-state index contributed by atoms with van der Waals surface area (Å²) < 4.78 is 3.00. The van der Waals surface area contributed by atoms with Crippen molar-refractivity contribution in [2.24, 2.45) is 5.41 Å². The minimum absolute atomic E-state index is 0.0118. The van der Waals surface area contributed by atoms with Gasteiger partial charge in [0.2, 0.25) is 0 Å². The molecule has 23 heavy (non-hydrogen) atoms. The molecule has 0 aliphatic heterocycles. The molecule has 1 aromatic heterocycles. The number of nitrogens with zero attached hydrogens (tertiary/aromatic N) is 2. The first-order valence-corrected chi connectivity index (χ1v) is 8.50. The highest BCUT2D eigenvalue weighted by molar-refractivity contribution is 9.10. The van der Waals surface area contributed by atoms with Crippen LogP contribution in [0.3, 0.4) is 0 Å². The lowest BCUT2D eigenvalue weighted by molar-refractivity contribution is 0.0909. The number of carbonyl (C=O) groups is 1. The number of benzene rings is 1. The highest BCUT2D eigenvalue weighted by Gasteiger charge is 2.34. The van der Waals surface area contributed by atoms with Crippen LogP contribution in [0.25, 0.3) is 0 Å². The van der Waals surface area contributed by atoms with Gasteiger partial charge in [0.25, 0.3) is 0 Å². The van der Waals surface area contributed by atoms with E-state index < -0.39 is 0 Å². The maximum Gasteiger partial charge on any atom is 0.165 e. The van der Waals surface area contributed by atoms with Gasteiger partial charge in [0.1, 0.15) is 6.07 Å². The van der Waals surface area contributed by atoms with Crippen LogP contribution < -0.4 is 0 Å². The average Bonchev–Trinajstić information content (AvgIpc) is 2.74. The third-order valence-electron chi connectivity index (χ3n) is 4.45. The number of Topliss-reactive ketones (excluding diaryl/α,β-unsaturated/α-hetero) is 1. The predicted octanol–water partition coefficient (Wildman–Crippen LogP) is 4.63. The Morgan fingerprint density at radius 2 is 2.09 bits per heavy atom. The molecule has 0 unspecified atom stereocenters. The molecule has 2 aromatic rings. The molecule has 4 heteroatoms.